The lowest BCUT2D eigenvalue weighted by molar-refractivity contribution is -0.139. The molecule has 0 radical (unpaired) electrons. The molecule has 0 aliphatic carbocycles. The number of amides is 2. The van der Waals surface area contributed by atoms with E-state index in [0.29, 0.717) is 12.0 Å². The fourth-order valence-corrected chi connectivity index (χ4v) is 5.22. The van der Waals surface area contributed by atoms with Crippen molar-refractivity contribution >= 4 is 27.5 Å². The van der Waals surface area contributed by atoms with Gasteiger partial charge in [-0.3, -0.25) is 13.9 Å². The average Bonchev–Trinajstić information content (AvgIpc) is 2.91. The molecule has 0 aromatic heterocycles. The van der Waals surface area contributed by atoms with Crippen molar-refractivity contribution in [2.24, 2.45) is 0 Å². The van der Waals surface area contributed by atoms with Gasteiger partial charge in [0.15, 0.2) is 0 Å². The van der Waals surface area contributed by atoms with E-state index < -0.39 is 46.1 Å². The predicted octanol–water partition coefficient (Wildman–Crippen LogP) is 4.80. The molecule has 3 aromatic rings. The van der Waals surface area contributed by atoms with Crippen LogP contribution in [-0.2, 0) is 26.2 Å². The Morgan fingerprint density at radius 1 is 0.872 bits per heavy atom. The summed E-state index contributed by atoms with van der Waals surface area (Å²) in [6, 6.07) is 15.3. The minimum atomic E-state index is -4.29. The number of aryl methyl sites for hydroxylation is 1. The van der Waals surface area contributed by atoms with E-state index in [1.165, 1.54) is 29.2 Å². The standard InChI is InChI=1S/C29H33F2N3O4S/c1-5-21(3)32-29(36)22(4)33(18-23-8-10-24(30)11-9-23)28(35)19-34(26-14-6-20(2)7-15-26)39(37,38)27-16-12-25(31)13-17-27/h6-17,21-22H,5,18-19H2,1-4H3,(H,32,36). The van der Waals surface area contributed by atoms with Gasteiger partial charge in [0.2, 0.25) is 11.8 Å². The van der Waals surface area contributed by atoms with Gasteiger partial charge >= 0.3 is 0 Å². The number of sulfonamides is 1. The highest BCUT2D eigenvalue weighted by Gasteiger charge is 2.32. The largest absolute Gasteiger partial charge is 0.352 e. The summed E-state index contributed by atoms with van der Waals surface area (Å²) in [6.45, 7) is 6.49. The first-order valence-electron chi connectivity index (χ1n) is 12.6. The second-order valence-electron chi connectivity index (χ2n) is 9.44. The minimum Gasteiger partial charge on any atom is -0.352 e. The summed E-state index contributed by atoms with van der Waals surface area (Å²) in [7, 11) is -4.29. The maximum absolute atomic E-state index is 13.8. The summed E-state index contributed by atoms with van der Waals surface area (Å²) in [4.78, 5) is 27.9. The fourth-order valence-electron chi connectivity index (χ4n) is 3.81. The van der Waals surface area contributed by atoms with Crippen LogP contribution < -0.4 is 9.62 Å². The van der Waals surface area contributed by atoms with Crippen molar-refractivity contribution in [3.8, 4) is 0 Å². The molecule has 1 N–H and O–H groups in total. The summed E-state index contributed by atoms with van der Waals surface area (Å²) in [5.41, 5.74) is 1.69. The summed E-state index contributed by atoms with van der Waals surface area (Å²) < 4.78 is 55.4. The van der Waals surface area contributed by atoms with E-state index in [-0.39, 0.29) is 23.2 Å². The molecule has 3 aromatic carbocycles. The Morgan fingerprint density at radius 3 is 1.95 bits per heavy atom. The SMILES string of the molecule is CCC(C)NC(=O)C(C)N(Cc1ccc(F)cc1)C(=O)CN(c1ccc(C)cc1)S(=O)(=O)c1ccc(F)cc1. The van der Waals surface area contributed by atoms with Gasteiger partial charge in [-0.15, -0.1) is 0 Å². The normalized spacial score (nSPS) is 12.9. The molecule has 3 rings (SSSR count). The van der Waals surface area contributed by atoms with Crippen molar-refractivity contribution in [3.05, 3.63) is 95.6 Å². The monoisotopic (exact) mass is 557 g/mol. The van der Waals surface area contributed by atoms with Gasteiger partial charge in [-0.1, -0.05) is 36.8 Å². The third-order valence-corrected chi connectivity index (χ3v) is 8.23. The third-order valence-electron chi connectivity index (χ3n) is 6.44. The summed E-state index contributed by atoms with van der Waals surface area (Å²) >= 11 is 0. The number of anilines is 1. The molecule has 208 valence electrons. The lowest BCUT2D eigenvalue weighted by Gasteiger charge is -2.32. The van der Waals surface area contributed by atoms with Crippen LogP contribution in [0.25, 0.3) is 0 Å². The number of rotatable bonds is 11. The van der Waals surface area contributed by atoms with Gasteiger partial charge in [0.1, 0.15) is 24.2 Å². The van der Waals surface area contributed by atoms with E-state index in [0.717, 1.165) is 34.1 Å². The molecule has 0 aliphatic rings. The van der Waals surface area contributed by atoms with E-state index >= 15 is 0 Å². The predicted molar refractivity (Wildman–Crippen MR) is 146 cm³/mol. The number of benzene rings is 3. The topological polar surface area (TPSA) is 86.8 Å². The first kappa shape index (κ1) is 29.8. The number of hydrogen-bond donors (Lipinski definition) is 1. The number of carbonyl (C=O) groups excluding carboxylic acids is 2. The van der Waals surface area contributed by atoms with Crippen molar-refractivity contribution in [2.75, 3.05) is 10.8 Å². The Bertz CT molecular complexity index is 1380. The highest BCUT2D eigenvalue weighted by molar-refractivity contribution is 7.92. The molecule has 0 saturated carbocycles. The summed E-state index contributed by atoms with van der Waals surface area (Å²) in [5, 5.41) is 2.85. The molecule has 7 nitrogen and oxygen atoms in total. The Hall–Kier alpha value is -3.79. The number of carbonyl (C=O) groups is 2. The average molecular weight is 558 g/mol. The van der Waals surface area contributed by atoms with Crippen LogP contribution in [0.5, 0.6) is 0 Å². The number of nitrogens with one attached hydrogen (secondary N) is 1. The van der Waals surface area contributed by atoms with Gasteiger partial charge in [-0.05, 0) is 81.3 Å². The quantitative estimate of drug-likeness (QED) is 0.367. The Kier molecular flexibility index (Phi) is 9.80. The molecule has 0 spiro atoms. The van der Waals surface area contributed by atoms with E-state index in [2.05, 4.69) is 5.32 Å². The van der Waals surface area contributed by atoms with Gasteiger partial charge in [0, 0.05) is 12.6 Å². The minimum absolute atomic E-state index is 0.0491. The zero-order valence-corrected chi connectivity index (χ0v) is 23.2. The lowest BCUT2D eigenvalue weighted by Crippen LogP contribution is -2.52. The van der Waals surface area contributed by atoms with Crippen LogP contribution in [0.1, 0.15) is 38.3 Å². The van der Waals surface area contributed by atoms with Crippen LogP contribution in [-0.4, -0.2) is 43.8 Å². The molecule has 0 heterocycles. The summed E-state index contributed by atoms with van der Waals surface area (Å²) in [6.07, 6.45) is 0.682. The van der Waals surface area contributed by atoms with Crippen molar-refractivity contribution < 1.29 is 26.8 Å². The van der Waals surface area contributed by atoms with Gasteiger partial charge in [0.25, 0.3) is 10.0 Å². The van der Waals surface area contributed by atoms with Gasteiger partial charge in [-0.2, -0.15) is 0 Å². The van der Waals surface area contributed by atoms with Crippen molar-refractivity contribution in [2.45, 2.75) is 57.6 Å². The highest BCUT2D eigenvalue weighted by Crippen LogP contribution is 2.25. The zero-order valence-electron chi connectivity index (χ0n) is 22.4. The van der Waals surface area contributed by atoms with Crippen LogP contribution in [0.15, 0.2) is 77.7 Å². The third kappa shape index (κ3) is 7.63. The fraction of sp³-hybridized carbons (Fsp3) is 0.310. The van der Waals surface area contributed by atoms with Crippen LogP contribution in [0.4, 0.5) is 14.5 Å². The maximum Gasteiger partial charge on any atom is 0.264 e. The maximum atomic E-state index is 13.8. The van der Waals surface area contributed by atoms with Gasteiger partial charge in [0.05, 0.1) is 10.6 Å². The molecule has 2 atom stereocenters. The van der Waals surface area contributed by atoms with Gasteiger partial charge in [-0.25, -0.2) is 17.2 Å². The lowest BCUT2D eigenvalue weighted by atomic mass is 10.1. The number of hydrogen-bond acceptors (Lipinski definition) is 4. The van der Waals surface area contributed by atoms with E-state index in [4.69, 9.17) is 0 Å². The molecular formula is C29H33F2N3O4S. The molecule has 0 saturated heterocycles. The second kappa shape index (κ2) is 12.8. The first-order valence-corrected chi connectivity index (χ1v) is 14.1. The second-order valence-corrected chi connectivity index (χ2v) is 11.3. The molecule has 2 amide bonds. The van der Waals surface area contributed by atoms with Crippen LogP contribution in [0.3, 0.4) is 0 Å². The molecule has 0 fully saturated rings. The molecule has 0 aliphatic heterocycles. The molecule has 10 heteroatoms. The Morgan fingerprint density at radius 2 is 1.41 bits per heavy atom. The number of halogens is 2. The van der Waals surface area contributed by atoms with Crippen molar-refractivity contribution in [3.63, 3.8) is 0 Å². The molecule has 0 bridgehead atoms. The van der Waals surface area contributed by atoms with Crippen LogP contribution in [0, 0.1) is 18.6 Å². The first-order chi connectivity index (χ1) is 18.4. The van der Waals surface area contributed by atoms with Crippen molar-refractivity contribution in [1.29, 1.82) is 0 Å². The van der Waals surface area contributed by atoms with Crippen LogP contribution in [0.2, 0.25) is 0 Å². The van der Waals surface area contributed by atoms with E-state index in [1.807, 2.05) is 20.8 Å². The molecule has 2 unspecified atom stereocenters. The zero-order chi connectivity index (χ0) is 28.7. The van der Waals surface area contributed by atoms with E-state index in [9.17, 15) is 26.8 Å². The Balaban J connectivity index is 2.01. The molecular weight excluding hydrogens is 524 g/mol. The molecule has 39 heavy (non-hydrogen) atoms. The smallest absolute Gasteiger partial charge is 0.264 e. The van der Waals surface area contributed by atoms with Crippen LogP contribution >= 0.6 is 0 Å². The Labute approximate surface area is 228 Å². The number of nitrogens with zero attached hydrogens (tertiary/aromatic N) is 2. The summed E-state index contributed by atoms with van der Waals surface area (Å²) in [5.74, 6) is -2.09. The van der Waals surface area contributed by atoms with Gasteiger partial charge < -0.3 is 10.2 Å². The highest BCUT2D eigenvalue weighted by atomic mass is 32.2. The van der Waals surface area contributed by atoms with E-state index in [1.54, 1.807) is 31.2 Å². The van der Waals surface area contributed by atoms with Crippen molar-refractivity contribution in [1.82, 2.24) is 10.2 Å².